The van der Waals surface area contributed by atoms with Crippen molar-refractivity contribution in [3.8, 4) is 28.4 Å². The van der Waals surface area contributed by atoms with E-state index in [0.29, 0.717) is 18.0 Å². The van der Waals surface area contributed by atoms with Crippen molar-refractivity contribution >= 4 is 16.9 Å². The van der Waals surface area contributed by atoms with Crippen molar-refractivity contribution in [2.24, 2.45) is 0 Å². The average Bonchev–Trinajstić information content (AvgIpc) is 3.16. The predicted octanol–water partition coefficient (Wildman–Crippen LogP) is 6.62. The first-order valence-corrected chi connectivity index (χ1v) is 11.1. The quantitative estimate of drug-likeness (QED) is 0.282. The lowest BCUT2D eigenvalue weighted by molar-refractivity contribution is -0.136. The molecule has 5 aromatic rings. The van der Waals surface area contributed by atoms with Crippen molar-refractivity contribution in [2.45, 2.75) is 13.0 Å². The molecule has 0 fully saturated rings. The van der Waals surface area contributed by atoms with Gasteiger partial charge in [-0.1, -0.05) is 42.5 Å². The maximum atomic E-state index is 13.4. The van der Waals surface area contributed by atoms with E-state index in [4.69, 9.17) is 4.74 Å². The Bertz CT molecular complexity index is 1520. The van der Waals surface area contributed by atoms with Crippen LogP contribution < -0.4 is 4.74 Å². The van der Waals surface area contributed by atoms with E-state index in [0.717, 1.165) is 33.2 Å². The summed E-state index contributed by atoms with van der Waals surface area (Å²) in [6, 6.07) is 26.4. The molecule has 0 aliphatic rings. The molecule has 5 rings (SSSR count). The van der Waals surface area contributed by atoms with Crippen molar-refractivity contribution in [3.05, 3.63) is 114 Å². The molecule has 4 aromatic carbocycles. The van der Waals surface area contributed by atoms with Crippen molar-refractivity contribution in [2.75, 3.05) is 0 Å². The van der Waals surface area contributed by atoms with E-state index in [9.17, 15) is 19.4 Å². The number of hydrogen-bond donors (Lipinski definition) is 2. The number of carbonyl (C=O) groups is 1. The number of benzene rings is 4. The van der Waals surface area contributed by atoms with Gasteiger partial charge in [-0.25, -0.2) is 4.39 Å². The third-order valence-corrected chi connectivity index (χ3v) is 5.79. The molecule has 0 atom stereocenters. The fourth-order valence-corrected chi connectivity index (χ4v) is 4.19. The van der Waals surface area contributed by atoms with Crippen LogP contribution in [0.5, 0.6) is 17.2 Å². The molecule has 0 saturated carbocycles. The largest absolute Gasteiger partial charge is 0.508 e. The number of carboxylic acids is 1. The summed E-state index contributed by atoms with van der Waals surface area (Å²) in [5.41, 5.74) is 4.44. The summed E-state index contributed by atoms with van der Waals surface area (Å²) in [6.45, 7) is 0.528. The zero-order chi connectivity index (χ0) is 24.4. The standard InChI is InChI=1S/C29H22FNO4/c30-23-4-2-6-26(16-23)35-25-10-7-19(8-11-25)17-31-18-22(15-29(33)34)27-12-9-21(14-28(27)31)20-3-1-5-24(32)13-20/h1-14,16,18,32H,15,17H2,(H,33,34). The topological polar surface area (TPSA) is 71.7 Å². The third kappa shape index (κ3) is 5.01. The van der Waals surface area contributed by atoms with Gasteiger partial charge in [0.05, 0.1) is 6.42 Å². The summed E-state index contributed by atoms with van der Waals surface area (Å²) in [5, 5.41) is 20.1. The van der Waals surface area contributed by atoms with Gasteiger partial charge in [-0.15, -0.1) is 0 Å². The Morgan fingerprint density at radius 3 is 2.37 bits per heavy atom. The van der Waals surface area contributed by atoms with Crippen LogP contribution in [-0.4, -0.2) is 20.7 Å². The molecule has 35 heavy (non-hydrogen) atoms. The first-order chi connectivity index (χ1) is 16.9. The smallest absolute Gasteiger partial charge is 0.307 e. The number of halogens is 1. The second-order valence-corrected chi connectivity index (χ2v) is 8.34. The van der Waals surface area contributed by atoms with Crippen molar-refractivity contribution < 1.29 is 24.1 Å². The van der Waals surface area contributed by atoms with Gasteiger partial charge < -0.3 is 19.5 Å². The minimum Gasteiger partial charge on any atom is -0.508 e. The summed E-state index contributed by atoms with van der Waals surface area (Å²) in [6.07, 6.45) is 1.80. The van der Waals surface area contributed by atoms with Gasteiger partial charge in [-0.2, -0.15) is 0 Å². The summed E-state index contributed by atoms with van der Waals surface area (Å²) in [4.78, 5) is 11.4. The van der Waals surface area contributed by atoms with Crippen LogP contribution in [0.4, 0.5) is 4.39 Å². The fraction of sp³-hybridized carbons (Fsp3) is 0.0690. The number of hydrogen-bond acceptors (Lipinski definition) is 3. The highest BCUT2D eigenvalue weighted by Crippen LogP contribution is 2.31. The van der Waals surface area contributed by atoms with E-state index in [1.165, 1.54) is 12.1 Å². The summed E-state index contributed by atoms with van der Waals surface area (Å²) in [5.74, 6) is -0.0488. The molecular weight excluding hydrogens is 445 g/mol. The predicted molar refractivity (Wildman–Crippen MR) is 132 cm³/mol. The lowest BCUT2D eigenvalue weighted by Crippen LogP contribution is -2.00. The van der Waals surface area contributed by atoms with Crippen LogP contribution >= 0.6 is 0 Å². The number of nitrogens with zero attached hydrogens (tertiary/aromatic N) is 1. The third-order valence-electron chi connectivity index (χ3n) is 5.79. The average molecular weight is 467 g/mol. The molecule has 6 heteroatoms. The van der Waals surface area contributed by atoms with Gasteiger partial charge in [0.15, 0.2) is 0 Å². The van der Waals surface area contributed by atoms with Crippen LogP contribution in [0.25, 0.3) is 22.0 Å². The molecule has 1 heterocycles. The van der Waals surface area contributed by atoms with E-state index in [-0.39, 0.29) is 18.0 Å². The SMILES string of the molecule is O=C(O)Cc1cn(Cc2ccc(Oc3cccc(F)c3)cc2)c2cc(-c3cccc(O)c3)ccc12. The number of carboxylic acid groups (broad SMARTS) is 1. The molecule has 174 valence electrons. The number of phenols is 1. The van der Waals surface area contributed by atoms with Gasteiger partial charge in [0.1, 0.15) is 23.1 Å². The summed E-state index contributed by atoms with van der Waals surface area (Å²) >= 11 is 0. The van der Waals surface area contributed by atoms with E-state index in [1.807, 2.05) is 59.3 Å². The Balaban J connectivity index is 1.46. The van der Waals surface area contributed by atoms with Crippen molar-refractivity contribution in [1.29, 1.82) is 0 Å². The zero-order valence-electron chi connectivity index (χ0n) is 18.7. The van der Waals surface area contributed by atoms with Crippen molar-refractivity contribution in [1.82, 2.24) is 4.57 Å². The second-order valence-electron chi connectivity index (χ2n) is 8.34. The minimum absolute atomic E-state index is 0.0740. The van der Waals surface area contributed by atoms with Gasteiger partial charge in [-0.3, -0.25) is 4.79 Å². The van der Waals surface area contributed by atoms with Gasteiger partial charge in [0.25, 0.3) is 0 Å². The highest BCUT2D eigenvalue weighted by Gasteiger charge is 2.13. The number of aromatic hydroxyl groups is 1. The Labute approximate surface area is 201 Å². The van der Waals surface area contributed by atoms with Crippen LogP contribution in [0.15, 0.2) is 97.2 Å². The molecule has 1 aromatic heterocycles. The van der Waals surface area contributed by atoms with E-state index in [2.05, 4.69) is 0 Å². The lowest BCUT2D eigenvalue weighted by Gasteiger charge is -2.10. The molecule has 5 nitrogen and oxygen atoms in total. The number of aliphatic carboxylic acids is 1. The molecule has 0 bridgehead atoms. The van der Waals surface area contributed by atoms with Crippen LogP contribution in [0.3, 0.4) is 0 Å². The van der Waals surface area contributed by atoms with Gasteiger partial charge in [0.2, 0.25) is 0 Å². The maximum Gasteiger partial charge on any atom is 0.307 e. The number of rotatable bonds is 7. The molecule has 0 unspecified atom stereocenters. The number of ether oxygens (including phenoxy) is 1. The van der Waals surface area contributed by atoms with Gasteiger partial charge in [-0.05, 0) is 64.7 Å². The molecule has 0 aliphatic carbocycles. The van der Waals surface area contributed by atoms with Crippen LogP contribution in [0, 0.1) is 5.82 Å². The Kier molecular flexibility index (Phi) is 5.94. The van der Waals surface area contributed by atoms with E-state index in [1.54, 1.807) is 30.3 Å². The Morgan fingerprint density at radius 1 is 0.857 bits per heavy atom. The van der Waals surface area contributed by atoms with Crippen molar-refractivity contribution in [3.63, 3.8) is 0 Å². The normalized spacial score (nSPS) is 11.0. The summed E-state index contributed by atoms with van der Waals surface area (Å²) < 4.78 is 21.2. The van der Waals surface area contributed by atoms with Gasteiger partial charge >= 0.3 is 5.97 Å². The molecule has 0 spiro atoms. The molecule has 0 saturated heterocycles. The maximum absolute atomic E-state index is 13.4. The number of phenolic OH excluding ortho intramolecular Hbond substituents is 1. The monoisotopic (exact) mass is 467 g/mol. The number of fused-ring (bicyclic) bond motifs is 1. The molecular formula is C29H22FNO4. The number of aromatic nitrogens is 1. The Hall–Kier alpha value is -4.58. The molecule has 2 N–H and O–H groups in total. The molecule has 0 aliphatic heterocycles. The summed E-state index contributed by atoms with van der Waals surface area (Å²) in [7, 11) is 0. The van der Waals surface area contributed by atoms with E-state index < -0.39 is 5.97 Å². The highest BCUT2D eigenvalue weighted by atomic mass is 19.1. The molecule has 0 amide bonds. The second kappa shape index (κ2) is 9.35. The van der Waals surface area contributed by atoms with E-state index >= 15 is 0 Å². The lowest BCUT2D eigenvalue weighted by atomic mass is 10.0. The van der Waals surface area contributed by atoms with Crippen LogP contribution in [0.1, 0.15) is 11.1 Å². The first kappa shape index (κ1) is 22.2. The molecule has 0 radical (unpaired) electrons. The fourth-order valence-electron chi connectivity index (χ4n) is 4.19. The zero-order valence-corrected chi connectivity index (χ0v) is 18.7. The highest BCUT2D eigenvalue weighted by molar-refractivity contribution is 5.91. The van der Waals surface area contributed by atoms with Gasteiger partial charge in [0, 0.05) is 29.7 Å². The Morgan fingerprint density at radius 2 is 1.63 bits per heavy atom. The van der Waals surface area contributed by atoms with Crippen LogP contribution in [-0.2, 0) is 17.8 Å². The minimum atomic E-state index is -0.889. The van der Waals surface area contributed by atoms with Crippen LogP contribution in [0.2, 0.25) is 0 Å². The first-order valence-electron chi connectivity index (χ1n) is 11.1.